The molecule has 1 aliphatic carbocycles. The van der Waals surface area contributed by atoms with Crippen LogP contribution >= 0.6 is 9.24 Å². The van der Waals surface area contributed by atoms with E-state index in [9.17, 15) is 0 Å². The molecular formula is C28H35F2N4O2P. The molecule has 1 aliphatic heterocycles. The lowest BCUT2D eigenvalue weighted by atomic mass is 9.84. The molecule has 1 aromatic heterocycles. The van der Waals surface area contributed by atoms with Crippen LogP contribution in [-0.4, -0.2) is 38.0 Å². The van der Waals surface area contributed by atoms with Crippen molar-refractivity contribution < 1.29 is 18.3 Å². The first-order chi connectivity index (χ1) is 17.8. The number of hydrogen-bond donors (Lipinski definition) is 2. The Balaban J connectivity index is 1.66. The van der Waals surface area contributed by atoms with Gasteiger partial charge in [0.2, 0.25) is 0 Å². The molecule has 2 aromatic rings. The largest absolute Gasteiger partial charge is 0.493 e. The monoisotopic (exact) mass is 528 g/mol. The standard InChI is InChI=1S/C28H35F2N4O2P/c1-5-18(13-32-15-20(31)7-6-10-37)22-11-21-19(14-33-22)16-34(17(2)28(21)8-9-28)27-25(29)23(35-3)12-24(36-4)26(27)30/h5,11-14,20,32H,1-2,6-10,15-16,31,37H2,3-4H3/b18-13+. The molecule has 0 amide bonds. The van der Waals surface area contributed by atoms with Crippen molar-refractivity contribution >= 4 is 20.5 Å². The van der Waals surface area contributed by atoms with Crippen LogP contribution in [0.4, 0.5) is 14.5 Å². The van der Waals surface area contributed by atoms with Crippen molar-refractivity contribution in [1.29, 1.82) is 0 Å². The fraction of sp³-hybridized carbons (Fsp3) is 0.393. The average Bonchev–Trinajstić information content (AvgIpc) is 3.70. The Hall–Kier alpha value is -2.96. The second-order valence-electron chi connectivity index (χ2n) is 9.50. The molecule has 3 N–H and O–H groups in total. The first-order valence-electron chi connectivity index (χ1n) is 12.4. The molecule has 1 aromatic carbocycles. The van der Waals surface area contributed by atoms with Gasteiger partial charge >= 0.3 is 0 Å². The summed E-state index contributed by atoms with van der Waals surface area (Å²) >= 11 is 0. The highest BCUT2D eigenvalue weighted by Crippen LogP contribution is 2.59. The van der Waals surface area contributed by atoms with E-state index in [0.717, 1.165) is 54.2 Å². The van der Waals surface area contributed by atoms with Crippen LogP contribution in [0, 0.1) is 11.6 Å². The fourth-order valence-corrected chi connectivity index (χ4v) is 5.17. The van der Waals surface area contributed by atoms with Crippen molar-refractivity contribution in [3.05, 3.63) is 77.9 Å². The molecular weight excluding hydrogens is 493 g/mol. The topological polar surface area (TPSA) is 72.6 Å². The van der Waals surface area contributed by atoms with E-state index in [0.29, 0.717) is 12.2 Å². The third-order valence-electron chi connectivity index (χ3n) is 7.21. The van der Waals surface area contributed by atoms with Crippen molar-refractivity contribution in [2.45, 2.75) is 43.7 Å². The summed E-state index contributed by atoms with van der Waals surface area (Å²) < 4.78 is 41.0. The molecule has 4 rings (SSSR count). The number of nitrogens with two attached hydrogens (primary N) is 1. The van der Waals surface area contributed by atoms with Gasteiger partial charge < -0.3 is 25.4 Å². The molecule has 37 heavy (non-hydrogen) atoms. The molecule has 2 aliphatic rings. The number of allylic oxidation sites excluding steroid dienone is 3. The van der Waals surface area contributed by atoms with Gasteiger partial charge in [0, 0.05) is 54.3 Å². The number of nitrogens with zero attached hydrogens (tertiary/aromatic N) is 2. The molecule has 1 saturated carbocycles. The van der Waals surface area contributed by atoms with E-state index in [1.807, 2.05) is 12.3 Å². The maximum Gasteiger partial charge on any atom is 0.191 e. The van der Waals surface area contributed by atoms with Gasteiger partial charge in [0.1, 0.15) is 5.69 Å². The normalized spacial score (nSPS) is 16.9. The first kappa shape index (κ1) is 27.1. The SMILES string of the molecule is C=C/C(=C\NCC(N)CCCP)c1cc2c(cn1)CN(c1c(F)c(OC)cc(OC)c1F)C(=C)C21CC1. The van der Waals surface area contributed by atoms with E-state index in [2.05, 4.69) is 32.7 Å². The third-order valence-corrected chi connectivity index (χ3v) is 7.62. The fourth-order valence-electron chi connectivity index (χ4n) is 4.94. The van der Waals surface area contributed by atoms with Crippen molar-refractivity contribution in [2.24, 2.45) is 5.73 Å². The molecule has 1 fully saturated rings. The summed E-state index contributed by atoms with van der Waals surface area (Å²) in [5, 5.41) is 3.29. The number of nitrogens with one attached hydrogen (secondary N) is 1. The van der Waals surface area contributed by atoms with Gasteiger partial charge in [-0.2, -0.15) is 0 Å². The van der Waals surface area contributed by atoms with Gasteiger partial charge in [-0.3, -0.25) is 4.98 Å². The summed E-state index contributed by atoms with van der Waals surface area (Å²) in [6.45, 7) is 9.13. The second-order valence-corrected chi connectivity index (χ2v) is 10.1. The summed E-state index contributed by atoms with van der Waals surface area (Å²) in [7, 11) is 5.40. The number of anilines is 1. The predicted molar refractivity (Wildman–Crippen MR) is 148 cm³/mol. The van der Waals surface area contributed by atoms with Gasteiger partial charge in [-0.15, -0.1) is 9.24 Å². The van der Waals surface area contributed by atoms with Crippen LogP contribution in [0.5, 0.6) is 11.5 Å². The van der Waals surface area contributed by atoms with Crippen LogP contribution in [0.25, 0.3) is 5.57 Å². The number of rotatable bonds is 11. The predicted octanol–water partition coefficient (Wildman–Crippen LogP) is 5.04. The highest BCUT2D eigenvalue weighted by molar-refractivity contribution is 7.16. The van der Waals surface area contributed by atoms with E-state index in [-0.39, 0.29) is 29.8 Å². The summed E-state index contributed by atoms with van der Waals surface area (Å²) in [5.74, 6) is -1.76. The van der Waals surface area contributed by atoms with Crippen LogP contribution in [-0.2, 0) is 12.0 Å². The number of benzene rings is 1. The molecule has 9 heteroatoms. The maximum absolute atomic E-state index is 15.4. The van der Waals surface area contributed by atoms with Crippen LogP contribution in [0.1, 0.15) is 42.5 Å². The van der Waals surface area contributed by atoms with Gasteiger partial charge in [0.15, 0.2) is 23.1 Å². The Morgan fingerprint density at radius 2 is 1.95 bits per heavy atom. The number of fused-ring (bicyclic) bond motifs is 2. The molecule has 2 heterocycles. The number of hydrogen-bond acceptors (Lipinski definition) is 6. The molecule has 0 saturated heterocycles. The van der Waals surface area contributed by atoms with Crippen molar-refractivity contribution in [1.82, 2.24) is 10.3 Å². The minimum Gasteiger partial charge on any atom is -0.493 e. The van der Waals surface area contributed by atoms with E-state index >= 15 is 8.78 Å². The van der Waals surface area contributed by atoms with Gasteiger partial charge in [0.25, 0.3) is 0 Å². The molecule has 2 unspecified atom stereocenters. The Labute approximate surface area is 219 Å². The lowest BCUT2D eigenvalue weighted by molar-refractivity contribution is 0.358. The van der Waals surface area contributed by atoms with E-state index in [1.165, 1.54) is 20.3 Å². The second kappa shape index (κ2) is 11.2. The van der Waals surface area contributed by atoms with Gasteiger partial charge in [-0.25, -0.2) is 8.78 Å². The molecule has 0 bridgehead atoms. The zero-order chi connectivity index (χ0) is 26.7. The Kier molecular flexibility index (Phi) is 8.20. The van der Waals surface area contributed by atoms with Gasteiger partial charge in [-0.1, -0.05) is 19.2 Å². The van der Waals surface area contributed by atoms with Crippen molar-refractivity contribution in [3.8, 4) is 11.5 Å². The average molecular weight is 529 g/mol. The summed E-state index contributed by atoms with van der Waals surface area (Å²) in [6, 6.07) is 3.33. The third kappa shape index (κ3) is 5.10. The maximum atomic E-state index is 15.4. The summed E-state index contributed by atoms with van der Waals surface area (Å²) in [6.07, 6.45) is 10.1. The Bertz CT molecular complexity index is 1200. The quantitative estimate of drug-likeness (QED) is 0.315. The number of ether oxygens (including phenoxy) is 2. The lowest BCUT2D eigenvalue weighted by Crippen LogP contribution is -2.36. The molecule has 198 valence electrons. The molecule has 1 spiro atoms. The highest BCUT2D eigenvalue weighted by atomic mass is 31.0. The Morgan fingerprint density at radius 1 is 1.27 bits per heavy atom. The zero-order valence-corrected chi connectivity index (χ0v) is 22.6. The number of methoxy groups -OCH3 is 2. The highest BCUT2D eigenvalue weighted by Gasteiger charge is 2.53. The summed E-state index contributed by atoms with van der Waals surface area (Å²) in [4.78, 5) is 6.25. The van der Waals surface area contributed by atoms with E-state index < -0.39 is 17.0 Å². The number of aromatic nitrogens is 1. The molecule has 0 radical (unpaired) electrons. The van der Waals surface area contributed by atoms with E-state index in [1.54, 1.807) is 17.2 Å². The van der Waals surface area contributed by atoms with Crippen molar-refractivity contribution in [3.63, 3.8) is 0 Å². The molecule has 6 nitrogen and oxygen atoms in total. The summed E-state index contributed by atoms with van der Waals surface area (Å²) in [5.41, 5.74) is 9.78. The Morgan fingerprint density at radius 3 is 2.51 bits per heavy atom. The van der Waals surface area contributed by atoms with Crippen LogP contribution in [0.2, 0.25) is 0 Å². The van der Waals surface area contributed by atoms with Gasteiger partial charge in [-0.05, 0) is 49.0 Å². The van der Waals surface area contributed by atoms with E-state index in [4.69, 9.17) is 15.2 Å². The molecule has 2 atom stereocenters. The minimum absolute atomic E-state index is 0.0689. The minimum atomic E-state index is -0.787. The first-order valence-corrected chi connectivity index (χ1v) is 13.2. The smallest absolute Gasteiger partial charge is 0.191 e. The van der Waals surface area contributed by atoms with Crippen molar-refractivity contribution in [2.75, 3.05) is 31.8 Å². The number of halogens is 2. The van der Waals surface area contributed by atoms with Gasteiger partial charge in [0.05, 0.1) is 19.9 Å². The zero-order valence-electron chi connectivity index (χ0n) is 21.4. The van der Waals surface area contributed by atoms with Crippen LogP contribution in [0.3, 0.4) is 0 Å². The van der Waals surface area contributed by atoms with Crippen LogP contribution < -0.4 is 25.4 Å². The lowest BCUT2D eigenvalue weighted by Gasteiger charge is -2.39. The number of pyridine rings is 1. The van der Waals surface area contributed by atoms with Crippen LogP contribution in [0.15, 0.2) is 49.5 Å².